The molecule has 170 valence electrons. The number of nitriles is 1. The average molecular weight is 459 g/mol. The third-order valence-electron chi connectivity index (χ3n) is 6.30. The summed E-state index contributed by atoms with van der Waals surface area (Å²) >= 11 is 0. The number of ketones is 2. The van der Waals surface area contributed by atoms with E-state index in [2.05, 4.69) is 10.6 Å². The minimum Gasteiger partial charge on any atom is -0.489 e. The number of hydrogen-bond acceptors (Lipinski definition) is 4. The zero-order chi connectivity index (χ0) is 24.5. The number of carbonyl (C=O) groups excluding carboxylic acids is 2. The molecule has 35 heavy (non-hydrogen) atoms. The predicted octanol–water partition coefficient (Wildman–Crippen LogP) is 6.01. The van der Waals surface area contributed by atoms with Gasteiger partial charge < -0.3 is 9.30 Å². The molecule has 5 rings (SSSR count). The number of fused-ring (bicyclic) bond motifs is 1. The predicted molar refractivity (Wildman–Crippen MR) is 134 cm³/mol. The molecule has 0 amide bonds. The fourth-order valence-corrected chi connectivity index (χ4v) is 4.50. The summed E-state index contributed by atoms with van der Waals surface area (Å²) in [6.07, 6.45) is 1.70. The van der Waals surface area contributed by atoms with Crippen molar-refractivity contribution in [3.8, 4) is 17.5 Å². The first kappa shape index (κ1) is 22.1. The number of Topliss-reactive ketones (excluding diaryl/α,β-unsaturated/α-hetero) is 2. The maximum atomic E-state index is 12.8. The van der Waals surface area contributed by atoms with Crippen molar-refractivity contribution in [3.63, 3.8) is 0 Å². The number of allylic oxidation sites excluding steroid dienone is 1. The van der Waals surface area contributed by atoms with Gasteiger partial charge in [0.2, 0.25) is 0 Å². The molecule has 1 heterocycles. The van der Waals surface area contributed by atoms with Gasteiger partial charge in [0, 0.05) is 33.8 Å². The van der Waals surface area contributed by atoms with Crippen LogP contribution in [-0.2, 0) is 6.61 Å². The van der Waals surface area contributed by atoms with Crippen molar-refractivity contribution in [2.75, 3.05) is 0 Å². The largest absolute Gasteiger partial charge is 0.489 e. The Morgan fingerprint density at radius 1 is 0.886 bits per heavy atom. The average Bonchev–Trinajstić information content (AvgIpc) is 3.30. The van der Waals surface area contributed by atoms with Crippen molar-refractivity contribution >= 4 is 17.6 Å². The third-order valence-corrected chi connectivity index (χ3v) is 6.30. The first-order valence-electron chi connectivity index (χ1n) is 11.3. The number of benzene rings is 3. The summed E-state index contributed by atoms with van der Waals surface area (Å²) in [4.78, 5) is 25.6. The molecule has 0 saturated heterocycles. The van der Waals surface area contributed by atoms with Crippen LogP contribution in [0.15, 0.2) is 84.4 Å². The van der Waals surface area contributed by atoms with Crippen LogP contribution in [0, 0.1) is 25.2 Å². The minimum absolute atomic E-state index is 0.202. The second-order valence-electron chi connectivity index (χ2n) is 8.48. The molecule has 0 saturated carbocycles. The van der Waals surface area contributed by atoms with Gasteiger partial charge in [-0.05, 0) is 61.9 Å². The second kappa shape index (κ2) is 8.92. The minimum atomic E-state index is -0.227. The van der Waals surface area contributed by atoms with E-state index in [1.807, 2.05) is 62.4 Å². The molecule has 0 bridgehead atoms. The molecule has 5 nitrogen and oxygen atoms in total. The topological polar surface area (TPSA) is 72.1 Å². The molecule has 4 aromatic rings. The Hall–Kier alpha value is -4.69. The van der Waals surface area contributed by atoms with Gasteiger partial charge in [-0.2, -0.15) is 5.26 Å². The van der Waals surface area contributed by atoms with Gasteiger partial charge in [-0.1, -0.05) is 42.5 Å². The molecule has 0 fully saturated rings. The zero-order valence-corrected chi connectivity index (χ0v) is 19.4. The van der Waals surface area contributed by atoms with E-state index in [9.17, 15) is 14.9 Å². The zero-order valence-electron chi connectivity index (χ0n) is 19.4. The fourth-order valence-electron chi connectivity index (χ4n) is 4.50. The summed E-state index contributed by atoms with van der Waals surface area (Å²) in [6.45, 7) is 4.28. The van der Waals surface area contributed by atoms with Gasteiger partial charge in [-0.3, -0.25) is 9.59 Å². The normalized spacial score (nSPS) is 12.4. The summed E-state index contributed by atoms with van der Waals surface area (Å²) in [5, 5.41) is 9.25. The van der Waals surface area contributed by atoms with Crippen LogP contribution in [-0.4, -0.2) is 16.1 Å². The van der Waals surface area contributed by atoms with Crippen LogP contribution in [0.2, 0.25) is 0 Å². The highest BCUT2D eigenvalue weighted by atomic mass is 16.5. The van der Waals surface area contributed by atoms with E-state index in [-0.39, 0.29) is 17.1 Å². The number of aryl methyl sites for hydroxylation is 1. The number of ether oxygens (including phenoxy) is 1. The van der Waals surface area contributed by atoms with Crippen LogP contribution in [0.4, 0.5) is 0 Å². The van der Waals surface area contributed by atoms with Gasteiger partial charge in [-0.15, -0.1) is 0 Å². The van der Waals surface area contributed by atoms with Crippen LogP contribution >= 0.6 is 0 Å². The molecule has 5 heteroatoms. The van der Waals surface area contributed by atoms with Gasteiger partial charge in [-0.25, -0.2) is 0 Å². The SMILES string of the molecule is Cc1cc(C=C2C(=O)c3ccccc3C2=O)c(C)n1-c1ccc(OCc2ccccc2C#N)cc1. The lowest BCUT2D eigenvalue weighted by Gasteiger charge is -2.12. The van der Waals surface area contributed by atoms with E-state index in [1.54, 1.807) is 36.4 Å². The summed E-state index contributed by atoms with van der Waals surface area (Å²) in [7, 11) is 0. The summed E-state index contributed by atoms with van der Waals surface area (Å²) in [5.74, 6) is 0.246. The highest BCUT2D eigenvalue weighted by Crippen LogP contribution is 2.30. The van der Waals surface area contributed by atoms with Crippen LogP contribution in [0.25, 0.3) is 11.8 Å². The second-order valence-corrected chi connectivity index (χ2v) is 8.48. The molecular formula is C30H22N2O3. The molecular weight excluding hydrogens is 436 g/mol. The van der Waals surface area contributed by atoms with Crippen molar-refractivity contribution in [1.82, 2.24) is 4.57 Å². The molecule has 0 atom stereocenters. The van der Waals surface area contributed by atoms with Crippen LogP contribution in [0.5, 0.6) is 5.75 Å². The van der Waals surface area contributed by atoms with Crippen molar-refractivity contribution in [2.24, 2.45) is 0 Å². The van der Waals surface area contributed by atoms with E-state index >= 15 is 0 Å². The smallest absolute Gasteiger partial charge is 0.197 e. The molecule has 0 N–H and O–H groups in total. The van der Waals surface area contributed by atoms with Crippen LogP contribution < -0.4 is 4.74 Å². The van der Waals surface area contributed by atoms with E-state index in [1.165, 1.54) is 0 Å². The molecule has 0 radical (unpaired) electrons. The molecule has 3 aromatic carbocycles. The van der Waals surface area contributed by atoms with Crippen molar-refractivity contribution in [2.45, 2.75) is 20.5 Å². The molecule has 1 aromatic heterocycles. The van der Waals surface area contributed by atoms with Crippen molar-refractivity contribution in [1.29, 1.82) is 5.26 Å². The van der Waals surface area contributed by atoms with Gasteiger partial charge in [0.15, 0.2) is 11.6 Å². The number of carbonyl (C=O) groups is 2. The van der Waals surface area contributed by atoms with Gasteiger partial charge in [0.25, 0.3) is 0 Å². The van der Waals surface area contributed by atoms with Gasteiger partial charge >= 0.3 is 0 Å². The van der Waals surface area contributed by atoms with Crippen molar-refractivity contribution in [3.05, 3.63) is 124 Å². The molecule has 0 aliphatic heterocycles. The van der Waals surface area contributed by atoms with E-state index in [0.29, 0.717) is 29.0 Å². The quantitative estimate of drug-likeness (QED) is 0.271. The number of rotatable bonds is 5. The Morgan fingerprint density at radius 3 is 2.17 bits per heavy atom. The summed E-state index contributed by atoms with van der Waals surface area (Å²) in [5.41, 5.74) is 6.27. The molecule has 0 unspecified atom stereocenters. The Kier molecular flexibility index (Phi) is 5.64. The van der Waals surface area contributed by atoms with E-state index in [4.69, 9.17) is 4.74 Å². The number of aromatic nitrogens is 1. The monoisotopic (exact) mass is 458 g/mol. The molecule has 1 aliphatic carbocycles. The maximum Gasteiger partial charge on any atom is 0.197 e. The Bertz CT molecular complexity index is 1510. The van der Waals surface area contributed by atoms with Gasteiger partial charge in [0.05, 0.1) is 17.2 Å². The Morgan fingerprint density at radius 2 is 1.51 bits per heavy atom. The van der Waals surface area contributed by atoms with Gasteiger partial charge in [0.1, 0.15) is 12.4 Å². The first-order chi connectivity index (χ1) is 17.0. The fraction of sp³-hybridized carbons (Fsp3) is 0.100. The first-order valence-corrected chi connectivity index (χ1v) is 11.3. The molecule has 0 spiro atoms. The maximum absolute atomic E-state index is 12.8. The molecule has 1 aliphatic rings. The third kappa shape index (κ3) is 3.96. The standard InChI is InChI=1S/C30H22N2O3/c1-19-15-23(16-28-29(33)26-9-5-6-10-27(26)30(28)34)20(2)32(19)24-11-13-25(14-12-24)35-18-22-8-4-3-7-21(22)17-31/h3-16H,18H2,1-2H3. The lowest BCUT2D eigenvalue weighted by molar-refractivity contribution is 0.0990. The van der Waals surface area contributed by atoms with E-state index in [0.717, 1.165) is 28.2 Å². The van der Waals surface area contributed by atoms with E-state index < -0.39 is 0 Å². The lowest BCUT2D eigenvalue weighted by atomic mass is 10.1. The summed E-state index contributed by atoms with van der Waals surface area (Å²) in [6, 6.07) is 26.2. The van der Waals surface area contributed by atoms with Crippen LogP contribution in [0.1, 0.15) is 48.8 Å². The number of nitrogens with zero attached hydrogens (tertiary/aromatic N) is 2. The highest BCUT2D eigenvalue weighted by Gasteiger charge is 2.32. The summed E-state index contributed by atoms with van der Waals surface area (Å²) < 4.78 is 7.97. The van der Waals surface area contributed by atoms with Crippen LogP contribution in [0.3, 0.4) is 0 Å². The van der Waals surface area contributed by atoms with Crippen molar-refractivity contribution < 1.29 is 14.3 Å². The Balaban J connectivity index is 1.39. The highest BCUT2D eigenvalue weighted by molar-refractivity contribution is 6.41. The lowest BCUT2D eigenvalue weighted by Crippen LogP contribution is -2.02. The Labute approximate surface area is 203 Å². The number of hydrogen-bond donors (Lipinski definition) is 0.